The van der Waals surface area contributed by atoms with Crippen molar-refractivity contribution in [2.24, 2.45) is 0 Å². The zero-order valence-corrected chi connectivity index (χ0v) is 14.9. The van der Waals surface area contributed by atoms with Gasteiger partial charge in [-0.2, -0.15) is 0 Å². The van der Waals surface area contributed by atoms with Gasteiger partial charge in [0.2, 0.25) is 5.91 Å². The minimum Gasteiger partial charge on any atom is -0.352 e. The summed E-state index contributed by atoms with van der Waals surface area (Å²) in [6.45, 7) is 6.28. The van der Waals surface area contributed by atoms with E-state index in [1.807, 2.05) is 0 Å². The molecule has 1 amide bonds. The largest absolute Gasteiger partial charge is 0.352 e. The third-order valence-corrected chi connectivity index (χ3v) is 5.43. The first kappa shape index (κ1) is 17.4. The predicted octanol–water partition coefficient (Wildman–Crippen LogP) is 2.82. The van der Waals surface area contributed by atoms with Gasteiger partial charge >= 0.3 is 0 Å². The van der Waals surface area contributed by atoms with Crippen molar-refractivity contribution in [1.82, 2.24) is 15.5 Å². The molecule has 0 aromatic heterocycles. The van der Waals surface area contributed by atoms with Gasteiger partial charge in [0.05, 0.1) is 0 Å². The van der Waals surface area contributed by atoms with Gasteiger partial charge in [0.25, 0.3) is 0 Å². The molecule has 0 radical (unpaired) electrons. The van der Waals surface area contributed by atoms with Crippen molar-refractivity contribution in [2.45, 2.75) is 70.6 Å². The molecule has 1 aromatic rings. The van der Waals surface area contributed by atoms with E-state index in [-0.39, 0.29) is 5.91 Å². The van der Waals surface area contributed by atoms with Crippen LogP contribution in [0.4, 0.5) is 0 Å². The van der Waals surface area contributed by atoms with E-state index in [1.165, 1.54) is 43.4 Å². The molecule has 3 rings (SSSR count). The van der Waals surface area contributed by atoms with Crippen molar-refractivity contribution in [3.8, 4) is 0 Å². The van der Waals surface area contributed by atoms with E-state index in [0.29, 0.717) is 25.0 Å². The number of carbonyl (C=O) groups excluding carboxylic acids is 1. The van der Waals surface area contributed by atoms with E-state index in [1.54, 1.807) is 0 Å². The topological polar surface area (TPSA) is 44.4 Å². The smallest absolute Gasteiger partial charge is 0.221 e. The summed E-state index contributed by atoms with van der Waals surface area (Å²) in [6, 6.07) is 9.79. The molecular weight excluding hydrogens is 298 g/mol. The third-order valence-electron chi connectivity index (χ3n) is 5.43. The fourth-order valence-electron chi connectivity index (χ4n) is 3.82. The van der Waals surface area contributed by atoms with Crippen molar-refractivity contribution in [3.63, 3.8) is 0 Å². The van der Waals surface area contributed by atoms with Crippen LogP contribution >= 0.6 is 0 Å². The molecule has 2 fully saturated rings. The Morgan fingerprint density at radius 3 is 2.67 bits per heavy atom. The molecule has 2 unspecified atom stereocenters. The standard InChI is InChI=1S/C20H31N3O/c1-16-5-2-3-12-23(16)15-18-9-7-17(8-10-18)14-22-20(24)13-19-6-4-11-21-19/h7-10,16,19,21H,2-6,11-15H2,1H3,(H,22,24). The summed E-state index contributed by atoms with van der Waals surface area (Å²) >= 11 is 0. The molecule has 0 spiro atoms. The lowest BCUT2D eigenvalue weighted by Gasteiger charge is -2.33. The molecule has 24 heavy (non-hydrogen) atoms. The second-order valence-corrected chi connectivity index (χ2v) is 7.41. The molecule has 2 aliphatic rings. The van der Waals surface area contributed by atoms with Crippen LogP contribution in [0.2, 0.25) is 0 Å². The van der Waals surface area contributed by atoms with Crippen LogP contribution in [-0.4, -0.2) is 36.0 Å². The lowest BCUT2D eigenvalue weighted by Crippen LogP contribution is -2.36. The average molecular weight is 329 g/mol. The fraction of sp³-hybridized carbons (Fsp3) is 0.650. The number of piperidine rings is 1. The van der Waals surface area contributed by atoms with E-state index >= 15 is 0 Å². The summed E-state index contributed by atoms with van der Waals surface area (Å²) in [4.78, 5) is 14.6. The highest BCUT2D eigenvalue weighted by atomic mass is 16.1. The van der Waals surface area contributed by atoms with E-state index in [0.717, 1.165) is 19.5 Å². The zero-order chi connectivity index (χ0) is 16.8. The highest BCUT2D eigenvalue weighted by molar-refractivity contribution is 5.76. The number of hydrogen-bond donors (Lipinski definition) is 2. The van der Waals surface area contributed by atoms with Crippen LogP contribution in [0.15, 0.2) is 24.3 Å². The Kier molecular flexibility index (Phi) is 6.27. The number of amides is 1. The molecule has 4 nitrogen and oxygen atoms in total. The van der Waals surface area contributed by atoms with Gasteiger partial charge in [-0.15, -0.1) is 0 Å². The van der Waals surface area contributed by atoms with E-state index in [4.69, 9.17) is 0 Å². The Labute approximate surface area is 146 Å². The Hall–Kier alpha value is -1.39. The van der Waals surface area contributed by atoms with Gasteiger partial charge in [0.15, 0.2) is 0 Å². The van der Waals surface area contributed by atoms with Crippen LogP contribution in [0.1, 0.15) is 56.6 Å². The summed E-state index contributed by atoms with van der Waals surface area (Å²) < 4.78 is 0. The number of carbonyl (C=O) groups is 1. The monoisotopic (exact) mass is 329 g/mol. The molecule has 0 aliphatic carbocycles. The molecular formula is C20H31N3O. The van der Waals surface area contributed by atoms with Crippen molar-refractivity contribution >= 4 is 5.91 Å². The number of hydrogen-bond acceptors (Lipinski definition) is 3. The van der Waals surface area contributed by atoms with Gasteiger partial charge in [-0.3, -0.25) is 9.69 Å². The predicted molar refractivity (Wildman–Crippen MR) is 97.7 cm³/mol. The van der Waals surface area contributed by atoms with Crippen molar-refractivity contribution in [1.29, 1.82) is 0 Å². The summed E-state index contributed by atoms with van der Waals surface area (Å²) in [5, 5.41) is 6.41. The van der Waals surface area contributed by atoms with Crippen molar-refractivity contribution in [3.05, 3.63) is 35.4 Å². The number of likely N-dealkylation sites (tertiary alicyclic amines) is 1. The minimum atomic E-state index is 0.153. The normalized spacial score (nSPS) is 24.9. The number of rotatable bonds is 6. The quantitative estimate of drug-likeness (QED) is 0.843. The van der Waals surface area contributed by atoms with Crippen LogP contribution < -0.4 is 10.6 Å². The van der Waals surface area contributed by atoms with Crippen LogP contribution in [-0.2, 0) is 17.9 Å². The Balaban J connectivity index is 1.43. The average Bonchev–Trinajstić information content (AvgIpc) is 3.09. The summed E-state index contributed by atoms with van der Waals surface area (Å²) in [5.74, 6) is 0.153. The van der Waals surface area contributed by atoms with E-state index in [9.17, 15) is 4.79 Å². The van der Waals surface area contributed by atoms with Gasteiger partial charge in [0, 0.05) is 31.6 Å². The van der Waals surface area contributed by atoms with Crippen LogP contribution in [0.3, 0.4) is 0 Å². The maximum Gasteiger partial charge on any atom is 0.221 e. The zero-order valence-electron chi connectivity index (χ0n) is 14.9. The van der Waals surface area contributed by atoms with Crippen LogP contribution in [0.5, 0.6) is 0 Å². The molecule has 2 atom stereocenters. The third kappa shape index (κ3) is 5.05. The van der Waals surface area contributed by atoms with Crippen molar-refractivity contribution in [2.75, 3.05) is 13.1 Å². The molecule has 1 aromatic carbocycles. The van der Waals surface area contributed by atoms with Crippen LogP contribution in [0, 0.1) is 0 Å². The molecule has 132 valence electrons. The molecule has 2 aliphatic heterocycles. The first-order valence-electron chi connectivity index (χ1n) is 9.52. The maximum atomic E-state index is 12.0. The number of benzene rings is 1. The lowest BCUT2D eigenvalue weighted by atomic mass is 10.0. The van der Waals surface area contributed by atoms with E-state index < -0.39 is 0 Å². The van der Waals surface area contributed by atoms with Gasteiger partial charge < -0.3 is 10.6 Å². The van der Waals surface area contributed by atoms with Crippen LogP contribution in [0.25, 0.3) is 0 Å². The second-order valence-electron chi connectivity index (χ2n) is 7.41. The number of nitrogens with zero attached hydrogens (tertiary/aromatic N) is 1. The van der Waals surface area contributed by atoms with Gasteiger partial charge in [-0.05, 0) is 56.8 Å². The lowest BCUT2D eigenvalue weighted by molar-refractivity contribution is -0.121. The first-order valence-corrected chi connectivity index (χ1v) is 9.52. The molecule has 2 saturated heterocycles. The highest BCUT2D eigenvalue weighted by Gasteiger charge is 2.18. The van der Waals surface area contributed by atoms with E-state index in [2.05, 4.69) is 46.7 Å². The highest BCUT2D eigenvalue weighted by Crippen LogP contribution is 2.19. The SMILES string of the molecule is CC1CCCCN1Cc1ccc(CNC(=O)CC2CCCN2)cc1. The molecule has 2 heterocycles. The summed E-state index contributed by atoms with van der Waals surface area (Å²) in [7, 11) is 0. The number of nitrogens with one attached hydrogen (secondary N) is 2. The minimum absolute atomic E-state index is 0.153. The summed E-state index contributed by atoms with van der Waals surface area (Å²) in [6.07, 6.45) is 6.92. The van der Waals surface area contributed by atoms with Gasteiger partial charge in [-0.25, -0.2) is 0 Å². The Morgan fingerprint density at radius 1 is 1.17 bits per heavy atom. The maximum absolute atomic E-state index is 12.0. The molecule has 0 saturated carbocycles. The molecule has 4 heteroatoms. The summed E-state index contributed by atoms with van der Waals surface area (Å²) in [5.41, 5.74) is 2.55. The first-order chi connectivity index (χ1) is 11.7. The van der Waals surface area contributed by atoms with Gasteiger partial charge in [0.1, 0.15) is 0 Å². The molecule has 2 N–H and O–H groups in total. The second kappa shape index (κ2) is 8.63. The Morgan fingerprint density at radius 2 is 1.96 bits per heavy atom. The van der Waals surface area contributed by atoms with Gasteiger partial charge in [-0.1, -0.05) is 30.7 Å². The Bertz CT molecular complexity index is 522. The fourth-order valence-corrected chi connectivity index (χ4v) is 3.82. The molecule has 0 bridgehead atoms. The van der Waals surface area contributed by atoms with Crippen molar-refractivity contribution < 1.29 is 4.79 Å².